The molecule has 30 heavy (non-hydrogen) atoms. The molecule has 0 bridgehead atoms. The van der Waals surface area contributed by atoms with Crippen molar-refractivity contribution in [1.82, 2.24) is 0 Å². The van der Waals surface area contributed by atoms with Gasteiger partial charge in [0, 0.05) is 6.61 Å². The van der Waals surface area contributed by atoms with Crippen LogP contribution in [-0.2, 0) is 4.74 Å². The van der Waals surface area contributed by atoms with Crippen molar-refractivity contribution in [3.05, 3.63) is 11.6 Å². The first-order valence-corrected chi connectivity index (χ1v) is 13.6. The van der Waals surface area contributed by atoms with Crippen LogP contribution in [0.2, 0.25) is 0 Å². The van der Waals surface area contributed by atoms with Gasteiger partial charge in [0.15, 0.2) is 0 Å². The van der Waals surface area contributed by atoms with Gasteiger partial charge in [-0.15, -0.1) is 0 Å². The molecule has 1 nitrogen and oxygen atoms in total. The van der Waals surface area contributed by atoms with Gasteiger partial charge < -0.3 is 4.74 Å². The minimum absolute atomic E-state index is 0.471. The van der Waals surface area contributed by atoms with Crippen LogP contribution in [-0.4, -0.2) is 12.7 Å². The van der Waals surface area contributed by atoms with Crippen LogP contribution in [0.25, 0.3) is 0 Å². The molecule has 4 aliphatic carbocycles. The fourth-order valence-corrected chi connectivity index (χ4v) is 9.03. The standard InChI is InChI=1S/C29H50O/c1-7-30-23-15-17-28(5)22(19-23)11-12-24-26-14-13-25(21(4)10-8-9-20(2)3)29(26,6)18-16-27(24)28/h11,20-21,23-27H,7-10,12-19H2,1-6H3/t21-,23?,24?,25?,26?,27?,28+,29-/m1/s1. The molecule has 5 unspecified atom stereocenters. The SMILES string of the molecule is CCOC1CC[C@@]2(C)C(=CCC3C4CCC([C@H](C)CCCC(C)C)[C@@]4(C)CCC32)C1. The molecule has 172 valence electrons. The molecule has 0 spiro atoms. The molecule has 1 heteroatoms. The van der Waals surface area contributed by atoms with Gasteiger partial charge in [-0.3, -0.25) is 0 Å². The Hall–Kier alpha value is -0.300. The third kappa shape index (κ3) is 3.95. The fraction of sp³-hybridized carbons (Fsp3) is 0.931. The molecule has 0 saturated heterocycles. The average Bonchev–Trinajstić information content (AvgIpc) is 3.05. The van der Waals surface area contributed by atoms with Crippen LogP contribution in [0.15, 0.2) is 11.6 Å². The quantitative estimate of drug-likeness (QED) is 0.380. The van der Waals surface area contributed by atoms with Crippen molar-refractivity contribution in [2.45, 2.75) is 118 Å². The second kappa shape index (κ2) is 8.92. The molecular formula is C29H50O. The zero-order chi connectivity index (χ0) is 21.5. The van der Waals surface area contributed by atoms with E-state index in [1.54, 1.807) is 5.57 Å². The highest BCUT2D eigenvalue weighted by atomic mass is 16.5. The molecule has 3 saturated carbocycles. The molecular weight excluding hydrogens is 364 g/mol. The molecule has 0 radical (unpaired) electrons. The van der Waals surface area contributed by atoms with Crippen LogP contribution in [0, 0.1) is 46.3 Å². The first-order valence-electron chi connectivity index (χ1n) is 13.6. The highest BCUT2D eigenvalue weighted by Gasteiger charge is 2.59. The number of fused-ring (bicyclic) bond motifs is 5. The van der Waals surface area contributed by atoms with Crippen molar-refractivity contribution in [1.29, 1.82) is 0 Å². The van der Waals surface area contributed by atoms with Gasteiger partial charge in [0.1, 0.15) is 0 Å². The number of hydrogen-bond acceptors (Lipinski definition) is 1. The van der Waals surface area contributed by atoms with Gasteiger partial charge in [0.2, 0.25) is 0 Å². The smallest absolute Gasteiger partial charge is 0.0612 e. The largest absolute Gasteiger partial charge is 0.378 e. The lowest BCUT2D eigenvalue weighted by Gasteiger charge is -2.58. The highest BCUT2D eigenvalue weighted by Crippen LogP contribution is 2.67. The lowest BCUT2D eigenvalue weighted by atomic mass is 9.47. The Morgan fingerprint density at radius 1 is 1.00 bits per heavy atom. The summed E-state index contributed by atoms with van der Waals surface area (Å²) in [5, 5.41) is 0. The van der Waals surface area contributed by atoms with E-state index in [9.17, 15) is 0 Å². The van der Waals surface area contributed by atoms with Crippen LogP contribution in [0.5, 0.6) is 0 Å². The number of hydrogen-bond donors (Lipinski definition) is 0. The lowest BCUT2D eigenvalue weighted by Crippen LogP contribution is -2.51. The molecule has 0 aromatic heterocycles. The summed E-state index contributed by atoms with van der Waals surface area (Å²) < 4.78 is 6.04. The van der Waals surface area contributed by atoms with E-state index in [-0.39, 0.29) is 0 Å². The monoisotopic (exact) mass is 414 g/mol. The first kappa shape index (κ1) is 22.9. The van der Waals surface area contributed by atoms with Gasteiger partial charge >= 0.3 is 0 Å². The van der Waals surface area contributed by atoms with Gasteiger partial charge in [-0.25, -0.2) is 0 Å². The molecule has 4 rings (SSSR count). The van der Waals surface area contributed by atoms with Crippen molar-refractivity contribution in [3.63, 3.8) is 0 Å². The minimum atomic E-state index is 0.471. The zero-order valence-corrected chi connectivity index (χ0v) is 21.0. The lowest BCUT2D eigenvalue weighted by molar-refractivity contribution is -0.0630. The Bertz CT molecular complexity index is 620. The minimum Gasteiger partial charge on any atom is -0.378 e. The van der Waals surface area contributed by atoms with E-state index in [0.29, 0.717) is 16.9 Å². The maximum Gasteiger partial charge on any atom is 0.0612 e. The molecule has 3 fully saturated rings. The molecule has 4 aliphatic rings. The van der Waals surface area contributed by atoms with E-state index in [1.165, 1.54) is 70.6 Å². The third-order valence-corrected chi connectivity index (χ3v) is 10.7. The summed E-state index contributed by atoms with van der Waals surface area (Å²) in [6, 6.07) is 0. The van der Waals surface area contributed by atoms with Crippen molar-refractivity contribution in [2.24, 2.45) is 46.3 Å². The molecule has 0 amide bonds. The molecule has 8 atom stereocenters. The first-order chi connectivity index (χ1) is 14.3. The fourth-order valence-electron chi connectivity index (χ4n) is 9.03. The topological polar surface area (TPSA) is 9.23 Å². The Balaban J connectivity index is 1.47. The summed E-state index contributed by atoms with van der Waals surface area (Å²) in [5.41, 5.74) is 2.86. The van der Waals surface area contributed by atoms with Gasteiger partial charge in [-0.05, 0) is 105 Å². The number of ether oxygens (including phenoxy) is 1. The summed E-state index contributed by atoms with van der Waals surface area (Å²) in [5.74, 6) is 5.63. The van der Waals surface area contributed by atoms with Crippen LogP contribution < -0.4 is 0 Å². The number of rotatable bonds is 7. The van der Waals surface area contributed by atoms with Gasteiger partial charge in [0.25, 0.3) is 0 Å². The van der Waals surface area contributed by atoms with Gasteiger partial charge in [-0.1, -0.05) is 65.5 Å². The van der Waals surface area contributed by atoms with Crippen LogP contribution >= 0.6 is 0 Å². The zero-order valence-electron chi connectivity index (χ0n) is 21.0. The van der Waals surface area contributed by atoms with E-state index in [4.69, 9.17) is 4.74 Å². The van der Waals surface area contributed by atoms with Gasteiger partial charge in [0.05, 0.1) is 6.10 Å². The Kier molecular flexibility index (Phi) is 6.80. The maximum atomic E-state index is 6.04. The summed E-state index contributed by atoms with van der Waals surface area (Å²) in [4.78, 5) is 0. The molecule has 0 heterocycles. The van der Waals surface area contributed by atoms with Crippen molar-refractivity contribution < 1.29 is 4.74 Å². The second-order valence-electron chi connectivity index (χ2n) is 12.6. The summed E-state index contributed by atoms with van der Waals surface area (Å²) in [7, 11) is 0. The average molecular weight is 415 g/mol. The van der Waals surface area contributed by atoms with Crippen LogP contribution in [0.1, 0.15) is 112 Å². The Morgan fingerprint density at radius 3 is 2.53 bits per heavy atom. The normalized spacial score (nSPS) is 44.2. The molecule has 0 aliphatic heterocycles. The highest BCUT2D eigenvalue weighted by molar-refractivity contribution is 5.25. The van der Waals surface area contributed by atoms with Gasteiger partial charge in [-0.2, -0.15) is 0 Å². The summed E-state index contributed by atoms with van der Waals surface area (Å²) in [6.45, 7) is 15.7. The molecule has 0 aromatic carbocycles. The summed E-state index contributed by atoms with van der Waals surface area (Å²) >= 11 is 0. The second-order valence-corrected chi connectivity index (χ2v) is 12.6. The van der Waals surface area contributed by atoms with Crippen LogP contribution in [0.4, 0.5) is 0 Å². The van der Waals surface area contributed by atoms with E-state index in [0.717, 1.165) is 42.1 Å². The maximum absolute atomic E-state index is 6.04. The van der Waals surface area contributed by atoms with E-state index < -0.39 is 0 Å². The van der Waals surface area contributed by atoms with E-state index in [2.05, 4.69) is 47.6 Å². The predicted molar refractivity (Wildman–Crippen MR) is 128 cm³/mol. The summed E-state index contributed by atoms with van der Waals surface area (Å²) in [6.07, 6.45) is 18.7. The van der Waals surface area contributed by atoms with E-state index >= 15 is 0 Å². The van der Waals surface area contributed by atoms with Crippen molar-refractivity contribution in [3.8, 4) is 0 Å². The Labute approximate surface area is 187 Å². The molecule has 0 N–H and O–H groups in total. The number of allylic oxidation sites excluding steroid dienone is 1. The molecule has 0 aromatic rings. The third-order valence-electron chi connectivity index (χ3n) is 10.7. The van der Waals surface area contributed by atoms with E-state index in [1.807, 2.05) is 0 Å². The van der Waals surface area contributed by atoms with Crippen molar-refractivity contribution in [2.75, 3.05) is 6.61 Å². The van der Waals surface area contributed by atoms with Crippen molar-refractivity contribution >= 4 is 0 Å². The predicted octanol–water partition coefficient (Wildman–Crippen LogP) is 8.43. The Morgan fingerprint density at radius 2 is 1.80 bits per heavy atom. The van der Waals surface area contributed by atoms with Crippen LogP contribution in [0.3, 0.4) is 0 Å².